The predicted molar refractivity (Wildman–Crippen MR) is 140 cm³/mol. The van der Waals surface area contributed by atoms with Gasteiger partial charge in [0, 0.05) is 36.7 Å². The molecule has 0 unspecified atom stereocenters. The van der Waals surface area contributed by atoms with Crippen LogP contribution in [0.5, 0.6) is 0 Å². The number of hydrogen-bond donors (Lipinski definition) is 1. The van der Waals surface area contributed by atoms with Crippen LogP contribution in [0.25, 0.3) is 0 Å². The Kier molecular flexibility index (Phi) is 22.8. The summed E-state index contributed by atoms with van der Waals surface area (Å²) in [5, 5.41) is 8.41. The normalized spacial score (nSPS) is 11.9. The summed E-state index contributed by atoms with van der Waals surface area (Å²) in [5.74, 6) is -0.469. The molecule has 0 spiro atoms. The molecule has 0 aromatic rings. The molecule has 0 rings (SSSR count). The van der Waals surface area contributed by atoms with E-state index in [1.165, 1.54) is 0 Å². The summed E-state index contributed by atoms with van der Waals surface area (Å²) < 4.78 is 64.8. The third-order valence-electron chi connectivity index (χ3n) is 2.94. The minimum absolute atomic E-state index is 0.00866. The zero-order valence-corrected chi connectivity index (χ0v) is 25.6. The molecule has 0 saturated carbocycles. The zero-order valence-electron chi connectivity index (χ0n) is 23.2. The highest BCUT2D eigenvalue weighted by atomic mass is 35.7. The van der Waals surface area contributed by atoms with Crippen molar-refractivity contribution in [3.63, 3.8) is 0 Å². The van der Waals surface area contributed by atoms with Crippen LogP contribution < -0.4 is 0 Å². The van der Waals surface area contributed by atoms with Crippen LogP contribution in [0, 0.1) is 0 Å². The van der Waals surface area contributed by atoms with Crippen LogP contribution in [0.2, 0.25) is 0 Å². The average molecular weight is 601 g/mol. The molecule has 0 aromatic heterocycles. The van der Waals surface area contributed by atoms with E-state index in [0.29, 0.717) is 39.1 Å². The van der Waals surface area contributed by atoms with Gasteiger partial charge in [0.25, 0.3) is 10.1 Å². The summed E-state index contributed by atoms with van der Waals surface area (Å²) >= 11 is 0. The molecule has 15 heteroatoms. The number of carbonyl (C=O) groups excluding carboxylic acids is 2. The average Bonchev–Trinajstić information content (AvgIpc) is 2.62. The summed E-state index contributed by atoms with van der Waals surface area (Å²) in [6, 6.07) is 0. The first-order valence-electron chi connectivity index (χ1n) is 11.5. The Bertz CT molecular complexity index is 806. The van der Waals surface area contributed by atoms with Gasteiger partial charge < -0.3 is 24.1 Å². The highest BCUT2D eigenvalue weighted by molar-refractivity contribution is 8.13. The third-order valence-corrected chi connectivity index (χ3v) is 3.53. The molecule has 224 valence electrons. The molecule has 0 aromatic carbocycles. The number of ether oxygens (including phenoxy) is 4. The second kappa shape index (κ2) is 20.9. The second-order valence-electron chi connectivity index (χ2n) is 9.54. The summed E-state index contributed by atoms with van der Waals surface area (Å²) in [4.78, 5) is 22.5. The molecular formula is C22H45ClO12S2. The lowest BCUT2D eigenvalue weighted by Gasteiger charge is -2.19. The fourth-order valence-electron chi connectivity index (χ4n) is 1.94. The number of aliphatic hydroxyl groups excluding tert-OH is 1. The molecule has 37 heavy (non-hydrogen) atoms. The Morgan fingerprint density at radius 1 is 0.703 bits per heavy atom. The van der Waals surface area contributed by atoms with Crippen molar-refractivity contribution in [1.82, 2.24) is 0 Å². The van der Waals surface area contributed by atoms with Crippen LogP contribution in [-0.2, 0) is 51.9 Å². The molecule has 12 nitrogen and oxygen atoms in total. The first kappa shape index (κ1) is 40.5. The van der Waals surface area contributed by atoms with Gasteiger partial charge in [-0.25, -0.2) is 8.42 Å². The summed E-state index contributed by atoms with van der Waals surface area (Å²) in [6.45, 7) is 12.3. The summed E-state index contributed by atoms with van der Waals surface area (Å²) in [7, 11) is -2.10. The Morgan fingerprint density at radius 3 is 1.35 bits per heavy atom. The number of rotatable bonds is 14. The molecule has 0 saturated heterocycles. The Hall–Kier alpha value is -1.03. The number of halogens is 1. The molecule has 0 aliphatic carbocycles. The van der Waals surface area contributed by atoms with Crippen molar-refractivity contribution in [3.8, 4) is 0 Å². The minimum atomic E-state index is -3.40. The number of carbonyl (C=O) groups is 2. The molecule has 0 aliphatic heterocycles. The molecule has 0 fully saturated rings. The molecule has 0 heterocycles. The summed E-state index contributed by atoms with van der Waals surface area (Å²) in [6.07, 6.45) is 3.72. The first-order valence-corrected chi connectivity index (χ1v) is 16.0. The van der Waals surface area contributed by atoms with Crippen molar-refractivity contribution in [1.29, 1.82) is 0 Å². The lowest BCUT2D eigenvalue weighted by molar-refractivity contribution is -0.156. The Morgan fingerprint density at radius 2 is 1.05 bits per heavy atom. The lowest BCUT2D eigenvalue weighted by atomic mass is 10.2. The molecular weight excluding hydrogens is 556 g/mol. The van der Waals surface area contributed by atoms with Crippen LogP contribution in [0.3, 0.4) is 0 Å². The van der Waals surface area contributed by atoms with Gasteiger partial charge in [0.05, 0.1) is 38.9 Å². The van der Waals surface area contributed by atoms with Gasteiger partial charge in [-0.3, -0.25) is 13.8 Å². The van der Waals surface area contributed by atoms with E-state index in [4.69, 9.17) is 24.1 Å². The third kappa shape index (κ3) is 52.3. The highest BCUT2D eigenvalue weighted by Crippen LogP contribution is 2.09. The lowest BCUT2D eigenvalue weighted by Crippen LogP contribution is -2.23. The van der Waals surface area contributed by atoms with Gasteiger partial charge in [-0.15, -0.1) is 0 Å². The van der Waals surface area contributed by atoms with E-state index in [1.54, 1.807) is 0 Å². The maximum Gasteiger partial charge on any atom is 0.306 e. The predicted octanol–water partition coefficient (Wildman–Crippen LogP) is 2.40. The van der Waals surface area contributed by atoms with Crippen molar-refractivity contribution in [2.24, 2.45) is 0 Å². The van der Waals surface area contributed by atoms with Crippen molar-refractivity contribution in [2.45, 2.75) is 78.4 Å². The number of hydrogen-bond acceptors (Lipinski definition) is 12. The monoisotopic (exact) mass is 600 g/mol. The van der Waals surface area contributed by atoms with Crippen molar-refractivity contribution >= 4 is 41.8 Å². The van der Waals surface area contributed by atoms with Gasteiger partial charge in [0.15, 0.2) is 0 Å². The number of esters is 2. The SMILES string of the molecule is CC(C)(C)OC(=O)CCCOCCO.CC(C)(C)OC(=O)CCCOCCOS(C)(=O)=O.CS(=O)(=O)Cl. The standard InChI is InChI=1S/C11H22O6S.C10H20O4.CH3ClO2S/c1-11(2,3)17-10(12)6-5-7-15-8-9-16-18(4,13)14;1-10(2,3)14-9(12)5-4-7-13-8-6-11;1-5(2,3)4/h5-9H2,1-4H3;11H,4-8H2,1-3H3;1H3. The molecule has 0 atom stereocenters. The van der Waals surface area contributed by atoms with E-state index >= 15 is 0 Å². The van der Waals surface area contributed by atoms with Gasteiger partial charge in [-0.1, -0.05) is 0 Å². The van der Waals surface area contributed by atoms with E-state index in [9.17, 15) is 26.4 Å². The second-order valence-corrected chi connectivity index (χ2v) is 14.2. The van der Waals surface area contributed by atoms with Crippen LogP contribution in [0.4, 0.5) is 0 Å². The fourth-order valence-corrected chi connectivity index (χ4v) is 2.31. The van der Waals surface area contributed by atoms with Crippen LogP contribution in [0.1, 0.15) is 67.2 Å². The molecule has 0 aliphatic rings. The minimum Gasteiger partial charge on any atom is -0.460 e. The maximum atomic E-state index is 11.3. The molecule has 0 radical (unpaired) electrons. The van der Waals surface area contributed by atoms with Crippen molar-refractivity contribution in [2.75, 3.05) is 52.2 Å². The Labute approximate surface area is 226 Å². The molecule has 1 N–H and O–H groups in total. The van der Waals surface area contributed by atoms with Gasteiger partial charge in [0.2, 0.25) is 9.05 Å². The van der Waals surface area contributed by atoms with Crippen LogP contribution in [-0.4, -0.2) is 97.2 Å². The topological polar surface area (TPSA) is 169 Å². The van der Waals surface area contributed by atoms with E-state index in [-0.39, 0.29) is 38.2 Å². The molecule has 0 amide bonds. The Balaban J connectivity index is -0.000000539. The van der Waals surface area contributed by atoms with Crippen LogP contribution in [0.15, 0.2) is 0 Å². The van der Waals surface area contributed by atoms with Crippen LogP contribution >= 0.6 is 10.7 Å². The fraction of sp³-hybridized carbons (Fsp3) is 0.909. The van der Waals surface area contributed by atoms with Crippen molar-refractivity contribution in [3.05, 3.63) is 0 Å². The van der Waals surface area contributed by atoms with E-state index < -0.39 is 30.4 Å². The smallest absolute Gasteiger partial charge is 0.306 e. The van der Waals surface area contributed by atoms with Gasteiger partial charge in [-0.05, 0) is 54.4 Å². The first-order chi connectivity index (χ1) is 16.6. The van der Waals surface area contributed by atoms with E-state index in [1.807, 2.05) is 41.5 Å². The maximum absolute atomic E-state index is 11.3. The molecule has 0 bridgehead atoms. The highest BCUT2D eigenvalue weighted by Gasteiger charge is 2.16. The summed E-state index contributed by atoms with van der Waals surface area (Å²) in [5.41, 5.74) is -0.885. The van der Waals surface area contributed by atoms with E-state index in [0.717, 1.165) is 12.5 Å². The number of aliphatic hydroxyl groups is 1. The largest absolute Gasteiger partial charge is 0.460 e. The van der Waals surface area contributed by atoms with Crippen molar-refractivity contribution < 1.29 is 54.7 Å². The van der Waals surface area contributed by atoms with E-state index in [2.05, 4.69) is 14.9 Å². The quantitative estimate of drug-likeness (QED) is 0.134. The van der Waals surface area contributed by atoms with Gasteiger partial charge in [-0.2, -0.15) is 8.42 Å². The van der Waals surface area contributed by atoms with Gasteiger partial charge in [0.1, 0.15) is 11.2 Å². The van der Waals surface area contributed by atoms with Gasteiger partial charge >= 0.3 is 11.9 Å². The zero-order chi connectivity index (χ0) is 29.8.